The predicted octanol–water partition coefficient (Wildman–Crippen LogP) is 2.64. The minimum Gasteiger partial charge on any atom is -0.550 e. The molecule has 3 atom stereocenters. The number of rotatable bonds is 8. The number of aliphatic carboxylic acids is 1. The molecule has 0 heterocycles. The Morgan fingerprint density at radius 1 is 1.03 bits per heavy atom. The summed E-state index contributed by atoms with van der Waals surface area (Å²) in [5, 5.41) is 25.6. The van der Waals surface area contributed by atoms with Crippen LogP contribution >= 0.6 is 0 Å². The molecule has 0 aromatic rings. The third kappa shape index (κ3) is 12.6. The van der Waals surface area contributed by atoms with Crippen LogP contribution in [-0.4, -0.2) is 47.0 Å². The number of carbonyl (C=O) groups excluding carboxylic acids is 2. The molecule has 0 aliphatic heterocycles. The van der Waals surface area contributed by atoms with Crippen molar-refractivity contribution in [1.29, 1.82) is 0 Å². The molecule has 2 aliphatic rings. The number of aliphatic hydroxyl groups is 1. The van der Waals surface area contributed by atoms with Gasteiger partial charge in [-0.15, -0.1) is 0 Å². The van der Waals surface area contributed by atoms with Gasteiger partial charge in [0.1, 0.15) is 5.60 Å². The van der Waals surface area contributed by atoms with Crippen LogP contribution < -0.4 is 15.7 Å². The highest BCUT2D eigenvalue weighted by Gasteiger charge is 2.28. The summed E-state index contributed by atoms with van der Waals surface area (Å²) in [4.78, 5) is 22.2. The second-order valence-corrected chi connectivity index (χ2v) is 10.7. The average Bonchev–Trinajstić information content (AvgIpc) is 2.71. The molecule has 0 bridgehead atoms. The molecular weight excluding hydrogens is 408 g/mol. The molecule has 2 aliphatic carbocycles. The smallest absolute Gasteiger partial charge is 0.407 e. The lowest BCUT2D eigenvalue weighted by Crippen LogP contribution is -2.95. The summed E-state index contributed by atoms with van der Waals surface area (Å²) in [5.74, 6) is -1.44. The Kier molecular flexibility index (Phi) is 13.2. The van der Waals surface area contributed by atoms with Crippen molar-refractivity contribution >= 4 is 12.1 Å². The van der Waals surface area contributed by atoms with Gasteiger partial charge in [-0.3, -0.25) is 0 Å². The number of quaternary nitrogens is 1. The number of aliphatic hydroxyl groups excluding tert-OH is 1. The van der Waals surface area contributed by atoms with E-state index in [1.807, 2.05) is 13.8 Å². The number of hydrogen-bond donors (Lipinski definition) is 3. The zero-order valence-electron chi connectivity index (χ0n) is 21.0. The fourth-order valence-corrected chi connectivity index (χ4v) is 4.65. The van der Waals surface area contributed by atoms with Crippen LogP contribution in [0.1, 0.15) is 112 Å². The van der Waals surface area contributed by atoms with Gasteiger partial charge in [0, 0.05) is 12.4 Å². The molecule has 7 nitrogen and oxygen atoms in total. The number of amides is 1. The summed E-state index contributed by atoms with van der Waals surface area (Å²) < 4.78 is 5.09. The molecule has 0 spiro atoms. The number of nitrogens with one attached hydrogen (secondary N) is 1. The molecule has 2 fully saturated rings. The summed E-state index contributed by atoms with van der Waals surface area (Å²) in [7, 11) is 0. The van der Waals surface area contributed by atoms with Gasteiger partial charge in [0.2, 0.25) is 0 Å². The summed E-state index contributed by atoms with van der Waals surface area (Å²) in [6.45, 7) is 8.88. The van der Waals surface area contributed by atoms with E-state index < -0.39 is 36.2 Å². The van der Waals surface area contributed by atoms with Gasteiger partial charge >= 0.3 is 6.09 Å². The molecule has 0 aromatic carbocycles. The van der Waals surface area contributed by atoms with Gasteiger partial charge in [-0.1, -0.05) is 33.1 Å². The van der Waals surface area contributed by atoms with Crippen LogP contribution in [0.4, 0.5) is 4.79 Å². The Morgan fingerprint density at radius 3 is 1.88 bits per heavy atom. The summed E-state index contributed by atoms with van der Waals surface area (Å²) >= 11 is 0. The van der Waals surface area contributed by atoms with Crippen molar-refractivity contribution in [3.8, 4) is 0 Å². The summed E-state index contributed by atoms with van der Waals surface area (Å²) in [6.07, 6.45) is 13.2. The maximum Gasteiger partial charge on any atom is 0.407 e. The minimum atomic E-state index is -1.35. The SMILES string of the molecule is C1CCC([NH2+]C2CCCCC2)CC1.CC[C@H](C)[C@H](NC(=O)OC(C)(C)C)[C@@H](O)CC(=O)[O-]. The van der Waals surface area contributed by atoms with Crippen molar-refractivity contribution in [2.24, 2.45) is 5.92 Å². The number of nitrogens with two attached hydrogens (primary N) is 1. The second-order valence-electron chi connectivity index (χ2n) is 10.7. The maximum absolute atomic E-state index is 11.7. The van der Waals surface area contributed by atoms with Crippen molar-refractivity contribution in [2.45, 2.75) is 141 Å². The topological polar surface area (TPSA) is 115 Å². The van der Waals surface area contributed by atoms with Gasteiger partial charge in [-0.25, -0.2) is 4.79 Å². The standard InChI is InChI=1S/C13H25NO5.C12H23N/c1-6-8(2)11(9(15)7-10(16)17)14-12(18)19-13(3,4)5;1-3-7-11(8-4-1)13-12-9-5-2-6-10-12/h8-9,11,15H,6-7H2,1-5H3,(H,14,18)(H,16,17);11-13H,1-10H2/t8-,9-,11-;/m0./s1. The fourth-order valence-electron chi connectivity index (χ4n) is 4.65. The van der Waals surface area contributed by atoms with E-state index in [-0.39, 0.29) is 5.92 Å². The molecule has 2 saturated carbocycles. The Balaban J connectivity index is 0.000000339. The number of alkyl carbamates (subject to hydrolysis) is 1. The zero-order valence-corrected chi connectivity index (χ0v) is 21.0. The molecule has 0 radical (unpaired) electrons. The van der Waals surface area contributed by atoms with Crippen LogP contribution in [0.25, 0.3) is 0 Å². The van der Waals surface area contributed by atoms with E-state index in [2.05, 4.69) is 10.6 Å². The molecule has 32 heavy (non-hydrogen) atoms. The van der Waals surface area contributed by atoms with Crippen LogP contribution in [0.15, 0.2) is 0 Å². The minimum absolute atomic E-state index is 0.0816. The van der Waals surface area contributed by atoms with Gasteiger partial charge in [0.15, 0.2) is 0 Å². The first-order chi connectivity index (χ1) is 15.0. The molecule has 1 amide bonds. The predicted molar refractivity (Wildman–Crippen MR) is 124 cm³/mol. The van der Waals surface area contributed by atoms with Crippen LogP contribution in [0.5, 0.6) is 0 Å². The van der Waals surface area contributed by atoms with Crippen molar-refractivity contribution in [2.75, 3.05) is 0 Å². The van der Waals surface area contributed by atoms with Crippen LogP contribution in [0.3, 0.4) is 0 Å². The summed E-state index contributed by atoms with van der Waals surface area (Å²) in [5.41, 5.74) is -0.649. The van der Waals surface area contributed by atoms with E-state index in [1.54, 1.807) is 20.8 Å². The zero-order chi connectivity index (χ0) is 24.1. The van der Waals surface area contributed by atoms with Crippen molar-refractivity contribution < 1.29 is 29.9 Å². The maximum atomic E-state index is 11.7. The molecule has 0 unspecified atom stereocenters. The highest BCUT2D eigenvalue weighted by molar-refractivity contribution is 5.69. The van der Waals surface area contributed by atoms with Gasteiger partial charge in [-0.05, 0) is 78.1 Å². The highest BCUT2D eigenvalue weighted by Crippen LogP contribution is 2.18. The molecule has 0 saturated heterocycles. The molecule has 7 heteroatoms. The monoisotopic (exact) mass is 456 g/mol. The molecule has 188 valence electrons. The second kappa shape index (κ2) is 14.7. The van der Waals surface area contributed by atoms with E-state index in [0.29, 0.717) is 6.42 Å². The molecular formula is C25H48N2O5. The van der Waals surface area contributed by atoms with Gasteiger partial charge in [0.25, 0.3) is 0 Å². The largest absolute Gasteiger partial charge is 0.550 e. The van der Waals surface area contributed by atoms with E-state index >= 15 is 0 Å². The number of ether oxygens (including phenoxy) is 1. The third-order valence-electron chi connectivity index (χ3n) is 6.57. The Morgan fingerprint density at radius 2 is 1.50 bits per heavy atom. The number of carboxylic acid groups (broad SMARTS) is 1. The first-order valence-electron chi connectivity index (χ1n) is 12.7. The van der Waals surface area contributed by atoms with E-state index in [4.69, 9.17) is 4.74 Å². The first-order valence-corrected chi connectivity index (χ1v) is 12.7. The van der Waals surface area contributed by atoms with E-state index in [1.165, 1.54) is 64.2 Å². The van der Waals surface area contributed by atoms with Crippen molar-refractivity contribution in [1.82, 2.24) is 5.32 Å². The summed E-state index contributed by atoms with van der Waals surface area (Å²) in [6, 6.07) is 1.31. The lowest BCUT2D eigenvalue weighted by Gasteiger charge is -2.30. The first kappa shape index (κ1) is 28.7. The number of carboxylic acids is 1. The average molecular weight is 457 g/mol. The third-order valence-corrected chi connectivity index (χ3v) is 6.57. The molecule has 0 aromatic heterocycles. The van der Waals surface area contributed by atoms with E-state index in [0.717, 1.165) is 12.1 Å². The quantitative estimate of drug-likeness (QED) is 0.519. The lowest BCUT2D eigenvalue weighted by atomic mass is 9.91. The van der Waals surface area contributed by atoms with Crippen LogP contribution in [0, 0.1) is 5.92 Å². The van der Waals surface area contributed by atoms with Gasteiger partial charge < -0.3 is 30.4 Å². The Hall–Kier alpha value is -1.34. The Labute approximate surface area is 195 Å². The van der Waals surface area contributed by atoms with Gasteiger partial charge in [-0.2, -0.15) is 0 Å². The number of hydrogen-bond acceptors (Lipinski definition) is 5. The highest BCUT2D eigenvalue weighted by atomic mass is 16.6. The Bertz CT molecular complexity index is 521. The van der Waals surface area contributed by atoms with Crippen molar-refractivity contribution in [3.63, 3.8) is 0 Å². The normalized spacial score (nSPS) is 20.9. The van der Waals surface area contributed by atoms with Crippen LogP contribution in [0.2, 0.25) is 0 Å². The molecule has 4 N–H and O–H groups in total. The van der Waals surface area contributed by atoms with Gasteiger partial charge in [0.05, 0.1) is 24.2 Å². The van der Waals surface area contributed by atoms with Crippen molar-refractivity contribution in [3.05, 3.63) is 0 Å². The van der Waals surface area contributed by atoms with Crippen LogP contribution in [-0.2, 0) is 9.53 Å². The number of carbonyl (C=O) groups is 2. The molecule has 2 rings (SSSR count). The lowest BCUT2D eigenvalue weighted by molar-refractivity contribution is -0.725. The van der Waals surface area contributed by atoms with E-state index in [9.17, 15) is 19.8 Å². The fraction of sp³-hybridized carbons (Fsp3) is 0.920.